The maximum Gasteiger partial charge on any atom is 0.254 e. The first-order valence-corrected chi connectivity index (χ1v) is 9.25. The van der Waals surface area contributed by atoms with Gasteiger partial charge in [-0.25, -0.2) is 9.97 Å². The molecule has 2 aromatic carbocycles. The molecule has 3 rings (SSSR count). The minimum absolute atomic E-state index is 0.115. The third-order valence-electron chi connectivity index (χ3n) is 4.25. The number of carbonyl (C=O) groups excluding carboxylic acids is 2. The predicted molar refractivity (Wildman–Crippen MR) is 111 cm³/mol. The Hall–Kier alpha value is -2.70. The van der Waals surface area contributed by atoms with E-state index in [0.717, 1.165) is 16.9 Å². The van der Waals surface area contributed by atoms with Crippen LogP contribution in [0.1, 0.15) is 21.7 Å². The van der Waals surface area contributed by atoms with Crippen LogP contribution in [0, 0.1) is 13.8 Å². The van der Waals surface area contributed by atoms with E-state index in [2.05, 4.69) is 15.3 Å². The van der Waals surface area contributed by atoms with Crippen LogP contribution in [0.25, 0.3) is 11.0 Å². The highest BCUT2D eigenvalue weighted by molar-refractivity contribution is 6.42. The number of aryl methyl sites for hydroxylation is 2. The minimum atomic E-state index is -0.346. The lowest BCUT2D eigenvalue weighted by Crippen LogP contribution is -2.34. The van der Waals surface area contributed by atoms with Gasteiger partial charge in [0.25, 0.3) is 5.91 Å². The van der Waals surface area contributed by atoms with E-state index in [9.17, 15) is 9.59 Å². The number of nitrogens with one attached hydrogen (secondary N) is 1. The van der Waals surface area contributed by atoms with Crippen molar-refractivity contribution in [2.75, 3.05) is 18.9 Å². The number of likely N-dealkylation sites (N-methyl/N-ethyl adjacent to an activating group) is 1. The van der Waals surface area contributed by atoms with Crippen molar-refractivity contribution in [1.29, 1.82) is 0 Å². The van der Waals surface area contributed by atoms with Crippen molar-refractivity contribution in [1.82, 2.24) is 14.9 Å². The Balaban J connectivity index is 1.71. The number of aromatic nitrogens is 2. The molecule has 1 aromatic heterocycles. The fourth-order valence-corrected chi connectivity index (χ4v) is 2.94. The number of nitrogens with zero attached hydrogens (tertiary/aromatic N) is 3. The Morgan fingerprint density at radius 3 is 2.32 bits per heavy atom. The highest BCUT2D eigenvalue weighted by atomic mass is 35.5. The average molecular weight is 417 g/mol. The summed E-state index contributed by atoms with van der Waals surface area (Å²) in [5.41, 5.74) is 3.97. The van der Waals surface area contributed by atoms with Gasteiger partial charge in [-0.3, -0.25) is 9.59 Å². The molecule has 0 spiro atoms. The van der Waals surface area contributed by atoms with Gasteiger partial charge in [-0.2, -0.15) is 0 Å². The summed E-state index contributed by atoms with van der Waals surface area (Å²) >= 11 is 11.8. The van der Waals surface area contributed by atoms with E-state index in [4.69, 9.17) is 23.2 Å². The molecule has 3 aromatic rings. The zero-order valence-corrected chi connectivity index (χ0v) is 17.1. The summed E-state index contributed by atoms with van der Waals surface area (Å²) in [6, 6.07) is 9.90. The summed E-state index contributed by atoms with van der Waals surface area (Å²) in [5, 5.41) is 3.43. The fourth-order valence-electron chi connectivity index (χ4n) is 2.65. The number of rotatable bonds is 4. The van der Waals surface area contributed by atoms with Crippen molar-refractivity contribution in [3.63, 3.8) is 0 Å². The summed E-state index contributed by atoms with van der Waals surface area (Å²) in [6.07, 6.45) is 0. The smallest absolute Gasteiger partial charge is 0.254 e. The average Bonchev–Trinajstić information content (AvgIpc) is 2.64. The van der Waals surface area contributed by atoms with Gasteiger partial charge in [-0.15, -0.1) is 0 Å². The van der Waals surface area contributed by atoms with Crippen molar-refractivity contribution < 1.29 is 9.59 Å². The molecule has 28 heavy (non-hydrogen) atoms. The quantitative estimate of drug-likeness (QED) is 0.688. The lowest BCUT2D eigenvalue weighted by molar-refractivity contribution is -0.116. The molecule has 8 heteroatoms. The predicted octanol–water partition coefficient (Wildman–Crippen LogP) is 4.26. The van der Waals surface area contributed by atoms with E-state index in [1.807, 2.05) is 13.8 Å². The molecule has 0 aliphatic rings. The second-order valence-electron chi connectivity index (χ2n) is 6.44. The van der Waals surface area contributed by atoms with Gasteiger partial charge < -0.3 is 10.2 Å². The van der Waals surface area contributed by atoms with E-state index in [0.29, 0.717) is 26.8 Å². The van der Waals surface area contributed by atoms with Gasteiger partial charge in [0.05, 0.1) is 39.0 Å². The molecule has 6 nitrogen and oxygen atoms in total. The first-order valence-electron chi connectivity index (χ1n) is 8.50. The Morgan fingerprint density at radius 1 is 0.964 bits per heavy atom. The van der Waals surface area contributed by atoms with Gasteiger partial charge >= 0.3 is 0 Å². The summed E-state index contributed by atoms with van der Waals surface area (Å²) in [4.78, 5) is 35.2. The molecule has 0 saturated heterocycles. The number of hydrogen-bond acceptors (Lipinski definition) is 4. The number of anilines is 1. The molecule has 0 aliphatic carbocycles. The topological polar surface area (TPSA) is 75.2 Å². The molecule has 0 unspecified atom stereocenters. The molecule has 0 aliphatic heterocycles. The summed E-state index contributed by atoms with van der Waals surface area (Å²) in [7, 11) is 1.56. The van der Waals surface area contributed by atoms with Crippen molar-refractivity contribution in [3.05, 3.63) is 63.4 Å². The van der Waals surface area contributed by atoms with Gasteiger partial charge in [-0.05, 0) is 50.2 Å². The van der Waals surface area contributed by atoms with Crippen LogP contribution in [0.3, 0.4) is 0 Å². The van der Waals surface area contributed by atoms with E-state index < -0.39 is 0 Å². The van der Waals surface area contributed by atoms with Crippen molar-refractivity contribution in [3.8, 4) is 0 Å². The molecule has 0 atom stereocenters. The Bertz CT molecular complexity index is 1090. The first-order chi connectivity index (χ1) is 13.2. The lowest BCUT2D eigenvalue weighted by Gasteiger charge is -2.17. The molecular weight excluding hydrogens is 399 g/mol. The summed E-state index contributed by atoms with van der Waals surface area (Å²) < 4.78 is 0. The normalized spacial score (nSPS) is 10.8. The van der Waals surface area contributed by atoms with Crippen molar-refractivity contribution in [2.24, 2.45) is 0 Å². The lowest BCUT2D eigenvalue weighted by atomic mass is 10.1. The number of fused-ring (bicyclic) bond motifs is 1. The highest BCUT2D eigenvalue weighted by Gasteiger charge is 2.16. The van der Waals surface area contributed by atoms with E-state index >= 15 is 0 Å². The molecular formula is C20H18Cl2N4O2. The van der Waals surface area contributed by atoms with Crippen LogP contribution in [-0.2, 0) is 4.79 Å². The molecule has 0 radical (unpaired) electrons. The number of hydrogen-bond donors (Lipinski definition) is 1. The second-order valence-corrected chi connectivity index (χ2v) is 7.25. The van der Waals surface area contributed by atoms with Gasteiger partial charge in [-0.1, -0.05) is 23.2 Å². The molecule has 0 bridgehead atoms. The highest BCUT2D eigenvalue weighted by Crippen LogP contribution is 2.25. The van der Waals surface area contributed by atoms with E-state index in [-0.39, 0.29) is 18.4 Å². The van der Waals surface area contributed by atoms with E-state index in [1.54, 1.807) is 43.4 Å². The molecule has 1 N–H and O–H groups in total. The largest absolute Gasteiger partial charge is 0.332 e. The zero-order valence-electron chi connectivity index (χ0n) is 15.6. The second kappa shape index (κ2) is 8.12. The third-order valence-corrected chi connectivity index (χ3v) is 4.99. The third kappa shape index (κ3) is 4.40. The fraction of sp³-hybridized carbons (Fsp3) is 0.200. The van der Waals surface area contributed by atoms with Gasteiger partial charge in [0.1, 0.15) is 0 Å². The van der Waals surface area contributed by atoms with E-state index in [1.165, 1.54) is 4.90 Å². The van der Waals surface area contributed by atoms with Crippen LogP contribution in [0.15, 0.2) is 36.4 Å². The van der Waals surface area contributed by atoms with Crippen LogP contribution in [-0.4, -0.2) is 40.3 Å². The van der Waals surface area contributed by atoms with Crippen LogP contribution in [0.4, 0.5) is 5.69 Å². The molecule has 0 saturated carbocycles. The number of benzene rings is 2. The number of carbonyl (C=O) groups is 2. The van der Waals surface area contributed by atoms with Crippen molar-refractivity contribution in [2.45, 2.75) is 13.8 Å². The van der Waals surface area contributed by atoms with Gasteiger partial charge in [0.15, 0.2) is 0 Å². The zero-order chi connectivity index (χ0) is 20.4. The molecule has 0 fully saturated rings. The first kappa shape index (κ1) is 20.0. The molecule has 1 heterocycles. The molecule has 144 valence electrons. The Labute approximate surface area is 172 Å². The standard InChI is InChI=1S/C20H18Cl2N4O2/c1-11-12(2)24-18-8-13(4-7-17(18)23-11)20(28)26(3)10-19(27)25-14-5-6-15(21)16(22)9-14/h4-9H,10H2,1-3H3,(H,25,27). The summed E-state index contributed by atoms with van der Waals surface area (Å²) in [5.74, 6) is -0.632. The van der Waals surface area contributed by atoms with Crippen LogP contribution in [0.2, 0.25) is 10.0 Å². The summed E-state index contributed by atoms with van der Waals surface area (Å²) in [6.45, 7) is 3.65. The Morgan fingerprint density at radius 2 is 1.64 bits per heavy atom. The maximum atomic E-state index is 12.7. The van der Waals surface area contributed by atoms with Gasteiger partial charge in [0, 0.05) is 18.3 Å². The monoisotopic (exact) mass is 416 g/mol. The number of amides is 2. The van der Waals surface area contributed by atoms with Crippen molar-refractivity contribution >= 4 is 51.7 Å². The van der Waals surface area contributed by atoms with Crippen LogP contribution < -0.4 is 5.32 Å². The number of halogens is 2. The minimum Gasteiger partial charge on any atom is -0.332 e. The van der Waals surface area contributed by atoms with Gasteiger partial charge in [0.2, 0.25) is 5.91 Å². The van der Waals surface area contributed by atoms with Crippen LogP contribution >= 0.6 is 23.2 Å². The SMILES string of the molecule is Cc1nc2ccc(C(=O)N(C)CC(=O)Nc3ccc(Cl)c(Cl)c3)cc2nc1C. The molecule has 2 amide bonds. The maximum absolute atomic E-state index is 12.7. The van der Waals surface area contributed by atoms with Crippen LogP contribution in [0.5, 0.6) is 0 Å². The Kier molecular flexibility index (Phi) is 5.82.